The molecular weight excluding hydrogens is 1170 g/mol. The van der Waals surface area contributed by atoms with Crippen molar-refractivity contribution in [1.29, 1.82) is 0 Å². The number of hydrogen-bond donors (Lipinski definition) is 0. The van der Waals surface area contributed by atoms with Crippen molar-refractivity contribution < 1.29 is 66.4 Å². The fourth-order valence-electron chi connectivity index (χ4n) is 12.0. The summed E-state index contributed by atoms with van der Waals surface area (Å²) in [6.07, 6.45) is 6.36. The molecule has 0 saturated carbocycles. The second kappa shape index (κ2) is 38.9. The molecule has 14 nitrogen and oxygen atoms in total. The molecule has 3 fully saturated rings. The number of benzene rings is 6. The number of carbonyl (C=O) groups excluding carboxylic acids is 2. The van der Waals surface area contributed by atoms with Crippen LogP contribution in [0.1, 0.15) is 120 Å². The molecule has 3 saturated heterocycles. The SMILES string of the molecule is CCCC1O[C@H](/C=C/C(=O)C2OC(OC)C(OC)C2OCc2ccccc2)[C@@H](OCc2ccccc2)[C@H](OCc2ccccc2)[C@H]1OCc1ccccc1.CC[C@H](C)[C@@H](C)CC(=O)/C=C\[C@@H](OCc1ccccc1)[C@H]1C[C@H](CCCOCc2ccccc2)OC(C)(C)O1. The normalized spacial score (nSPS) is 24.7. The van der Waals surface area contributed by atoms with Crippen LogP contribution in [0.5, 0.6) is 0 Å². The maximum atomic E-state index is 14.1. The first-order valence-corrected chi connectivity index (χ1v) is 33.4. The van der Waals surface area contributed by atoms with Crippen molar-refractivity contribution in [2.75, 3.05) is 20.8 Å². The predicted octanol–water partition coefficient (Wildman–Crippen LogP) is 15.1. The van der Waals surface area contributed by atoms with Crippen molar-refractivity contribution in [3.8, 4) is 0 Å². The van der Waals surface area contributed by atoms with E-state index in [4.69, 9.17) is 56.8 Å². The first kappa shape index (κ1) is 72.5. The third kappa shape index (κ3) is 23.5. The van der Waals surface area contributed by atoms with Crippen LogP contribution in [0.2, 0.25) is 0 Å². The summed E-state index contributed by atoms with van der Waals surface area (Å²) in [5.74, 6) is -0.0338. The molecule has 6 aromatic carbocycles. The molecule has 3 aliphatic heterocycles. The summed E-state index contributed by atoms with van der Waals surface area (Å²) in [6, 6.07) is 60.2. The van der Waals surface area contributed by atoms with E-state index in [1.165, 1.54) is 18.7 Å². The molecule has 9 rings (SSSR count). The topological polar surface area (TPSA) is 145 Å². The van der Waals surface area contributed by atoms with Crippen molar-refractivity contribution in [1.82, 2.24) is 0 Å². The van der Waals surface area contributed by atoms with Gasteiger partial charge in [-0.05, 0) is 103 Å². The van der Waals surface area contributed by atoms with Gasteiger partial charge in [0.1, 0.15) is 42.7 Å². The smallest absolute Gasteiger partial charge is 0.187 e. The fraction of sp³-hybridized carbons (Fsp3) is 0.468. The van der Waals surface area contributed by atoms with Crippen LogP contribution in [0.25, 0.3) is 0 Å². The van der Waals surface area contributed by atoms with Crippen molar-refractivity contribution in [3.63, 3.8) is 0 Å². The van der Waals surface area contributed by atoms with Gasteiger partial charge in [0.2, 0.25) is 0 Å². The monoisotopic (exact) mass is 1270 g/mol. The molecular formula is C79H100O14. The van der Waals surface area contributed by atoms with Gasteiger partial charge in [-0.1, -0.05) is 223 Å². The van der Waals surface area contributed by atoms with E-state index in [0.717, 1.165) is 59.9 Å². The van der Waals surface area contributed by atoms with E-state index in [-0.39, 0.29) is 42.6 Å². The van der Waals surface area contributed by atoms with Gasteiger partial charge in [-0.15, -0.1) is 0 Å². The number of ether oxygens (including phenoxy) is 12. The molecule has 3 heterocycles. The Balaban J connectivity index is 0.000000252. The zero-order valence-corrected chi connectivity index (χ0v) is 55.8. The van der Waals surface area contributed by atoms with E-state index < -0.39 is 54.8 Å². The molecule has 0 spiro atoms. The summed E-state index contributed by atoms with van der Waals surface area (Å²) in [4.78, 5) is 26.9. The highest BCUT2D eigenvalue weighted by atomic mass is 16.7. The number of methoxy groups -OCH3 is 2. The quantitative estimate of drug-likeness (QED) is 0.0275. The van der Waals surface area contributed by atoms with Gasteiger partial charge in [0, 0.05) is 33.7 Å². The minimum atomic E-state index is -0.967. The highest BCUT2D eigenvalue weighted by molar-refractivity contribution is 5.94. The van der Waals surface area contributed by atoms with Crippen molar-refractivity contribution in [3.05, 3.63) is 240 Å². The maximum Gasteiger partial charge on any atom is 0.187 e. The van der Waals surface area contributed by atoms with Gasteiger partial charge < -0.3 is 56.8 Å². The number of ketones is 2. The zero-order chi connectivity index (χ0) is 65.6. The van der Waals surface area contributed by atoms with Gasteiger partial charge in [0.15, 0.2) is 29.7 Å². The molecule has 0 bridgehead atoms. The summed E-state index contributed by atoms with van der Waals surface area (Å²) < 4.78 is 75.7. The molecule has 500 valence electrons. The summed E-state index contributed by atoms with van der Waals surface area (Å²) >= 11 is 0. The summed E-state index contributed by atoms with van der Waals surface area (Å²) in [6.45, 7) is 15.6. The third-order valence-electron chi connectivity index (χ3n) is 17.4. The first-order chi connectivity index (χ1) is 45.3. The van der Waals surface area contributed by atoms with E-state index in [9.17, 15) is 9.59 Å². The molecule has 3 aliphatic rings. The molecule has 0 aliphatic carbocycles. The van der Waals surface area contributed by atoms with Gasteiger partial charge in [-0.25, -0.2) is 0 Å². The van der Waals surface area contributed by atoms with Crippen LogP contribution in [0, 0.1) is 11.8 Å². The average Bonchev–Trinajstić information content (AvgIpc) is 1.71. The van der Waals surface area contributed by atoms with Gasteiger partial charge in [-0.2, -0.15) is 0 Å². The van der Waals surface area contributed by atoms with E-state index in [2.05, 4.69) is 39.8 Å². The lowest BCUT2D eigenvalue weighted by molar-refractivity contribution is -0.313. The number of rotatable bonds is 35. The Morgan fingerprint density at radius 2 is 1.02 bits per heavy atom. The van der Waals surface area contributed by atoms with E-state index in [1.54, 1.807) is 19.3 Å². The summed E-state index contributed by atoms with van der Waals surface area (Å²) in [5, 5.41) is 0. The average molecular weight is 1270 g/mol. The van der Waals surface area contributed by atoms with Crippen LogP contribution < -0.4 is 0 Å². The zero-order valence-electron chi connectivity index (χ0n) is 55.8. The Bertz CT molecular complexity index is 3080. The molecule has 0 aromatic heterocycles. The van der Waals surface area contributed by atoms with Crippen LogP contribution >= 0.6 is 0 Å². The summed E-state index contributed by atoms with van der Waals surface area (Å²) in [7, 11) is 3.09. The second-order valence-corrected chi connectivity index (χ2v) is 25.0. The first-order valence-electron chi connectivity index (χ1n) is 33.4. The van der Waals surface area contributed by atoms with E-state index in [0.29, 0.717) is 64.3 Å². The van der Waals surface area contributed by atoms with Gasteiger partial charge in [0.05, 0.1) is 58.0 Å². The largest absolute Gasteiger partial charge is 0.377 e. The molecule has 0 N–H and O–H groups in total. The molecule has 0 amide bonds. The van der Waals surface area contributed by atoms with Gasteiger partial charge in [0.25, 0.3) is 0 Å². The minimum absolute atomic E-state index is 0.0245. The Morgan fingerprint density at radius 3 is 1.52 bits per heavy atom. The highest BCUT2D eigenvalue weighted by Crippen LogP contribution is 2.36. The lowest BCUT2D eigenvalue weighted by Crippen LogP contribution is -2.59. The Labute approximate surface area is 553 Å². The Morgan fingerprint density at radius 1 is 0.538 bits per heavy atom. The standard InChI is InChI=1S/C45H52O9.C34H48O5/c1-4-17-37-40(49-28-32-18-9-5-10-19-32)43(52-31-35-24-15-8-16-25-35)41(50-29-33-20-11-6-12-21-33)38(53-37)27-26-36(46)39-42(44(47-2)45(48-3)54-39)51-30-34-22-13-7-14-23-34;1-6-26(2)27(3)22-30(35)19-20-32(37-25-29-16-11-8-12-17-29)33-23-31(38-34(4,5)39-33)18-13-21-36-24-28-14-9-7-10-15-28/h5-16,18-27,37-45H,4,17,28-31H2,1-3H3;7-12,14-17,19-20,26-27,31-33H,6,13,18,21-25H2,1-5H3/b27-26+;20-19-/t37?,38-,39?,40+,41-,42?,43-,44?,45?;26-,27-,31-,32+,33+/m10/s1. The van der Waals surface area contributed by atoms with E-state index >= 15 is 0 Å². The molecule has 93 heavy (non-hydrogen) atoms. The van der Waals surface area contributed by atoms with Crippen LogP contribution in [0.3, 0.4) is 0 Å². The second-order valence-electron chi connectivity index (χ2n) is 25.0. The fourth-order valence-corrected chi connectivity index (χ4v) is 12.0. The molecule has 14 heteroatoms. The predicted molar refractivity (Wildman–Crippen MR) is 360 cm³/mol. The van der Waals surface area contributed by atoms with Crippen molar-refractivity contribution in [2.24, 2.45) is 11.8 Å². The number of allylic oxidation sites excluding steroid dienone is 1. The van der Waals surface area contributed by atoms with Gasteiger partial charge >= 0.3 is 0 Å². The van der Waals surface area contributed by atoms with E-state index in [1.807, 2.05) is 190 Å². The molecule has 5 unspecified atom stereocenters. The third-order valence-corrected chi connectivity index (χ3v) is 17.4. The number of carbonyl (C=O) groups is 2. The maximum absolute atomic E-state index is 14.1. The lowest BCUT2D eigenvalue weighted by atomic mass is 9.89. The van der Waals surface area contributed by atoms with Gasteiger partial charge in [-0.3, -0.25) is 9.59 Å². The Hall–Kier alpha value is -6.34. The van der Waals surface area contributed by atoms with Crippen LogP contribution in [-0.2, 0) is 106 Å². The molecule has 6 aromatic rings. The lowest BCUT2D eigenvalue weighted by Gasteiger charge is -2.46. The highest BCUT2D eigenvalue weighted by Gasteiger charge is 2.50. The number of hydrogen-bond acceptors (Lipinski definition) is 14. The molecule has 14 atom stereocenters. The Kier molecular flexibility index (Phi) is 30.3. The van der Waals surface area contributed by atoms with Crippen molar-refractivity contribution >= 4 is 11.6 Å². The van der Waals surface area contributed by atoms with Crippen LogP contribution in [0.15, 0.2) is 206 Å². The van der Waals surface area contributed by atoms with Crippen LogP contribution in [-0.4, -0.2) is 112 Å². The van der Waals surface area contributed by atoms with Crippen LogP contribution in [0.4, 0.5) is 0 Å². The van der Waals surface area contributed by atoms with Crippen molar-refractivity contribution in [2.45, 2.75) is 205 Å². The minimum Gasteiger partial charge on any atom is -0.377 e. The molecule has 0 radical (unpaired) electrons. The summed E-state index contributed by atoms with van der Waals surface area (Å²) in [5.41, 5.74) is 6.32.